The molecule has 0 aliphatic heterocycles. The number of benzene rings is 1. The molecule has 0 saturated carbocycles. The Morgan fingerprint density at radius 1 is 0.941 bits per heavy atom. The van der Waals surface area contributed by atoms with Gasteiger partial charge in [0.2, 0.25) is 5.95 Å². The molecule has 1 nitrogen and oxygen atoms in total. The van der Waals surface area contributed by atoms with E-state index in [0.29, 0.717) is 0 Å². The fourth-order valence-corrected chi connectivity index (χ4v) is 2.58. The SMILES string of the molecule is Fc1cccc(-c2cccc3c2CCCC3)n1. The van der Waals surface area contributed by atoms with Crippen LogP contribution < -0.4 is 0 Å². The molecule has 0 N–H and O–H groups in total. The molecule has 1 heterocycles. The van der Waals surface area contributed by atoms with E-state index in [4.69, 9.17) is 0 Å². The van der Waals surface area contributed by atoms with E-state index in [1.54, 1.807) is 6.07 Å². The van der Waals surface area contributed by atoms with E-state index in [9.17, 15) is 4.39 Å². The van der Waals surface area contributed by atoms with Crippen LogP contribution in [0.15, 0.2) is 36.4 Å². The predicted octanol–water partition coefficient (Wildman–Crippen LogP) is 3.77. The first kappa shape index (κ1) is 10.5. The van der Waals surface area contributed by atoms with Gasteiger partial charge in [-0.05, 0) is 48.9 Å². The lowest BCUT2D eigenvalue weighted by atomic mass is 9.87. The monoisotopic (exact) mass is 227 g/mol. The summed E-state index contributed by atoms with van der Waals surface area (Å²) < 4.78 is 13.2. The van der Waals surface area contributed by atoms with Crippen LogP contribution in [-0.2, 0) is 12.8 Å². The van der Waals surface area contributed by atoms with Crippen molar-refractivity contribution in [2.24, 2.45) is 0 Å². The molecule has 0 radical (unpaired) electrons. The van der Waals surface area contributed by atoms with Crippen molar-refractivity contribution in [3.05, 3.63) is 53.5 Å². The number of hydrogen-bond donors (Lipinski definition) is 0. The molecule has 3 rings (SSSR count). The van der Waals surface area contributed by atoms with Crippen LogP contribution in [0.25, 0.3) is 11.3 Å². The fraction of sp³-hybridized carbons (Fsp3) is 0.267. The van der Waals surface area contributed by atoms with Crippen LogP contribution in [0.4, 0.5) is 4.39 Å². The summed E-state index contributed by atoms with van der Waals surface area (Å²) in [5.74, 6) is -0.407. The van der Waals surface area contributed by atoms with Gasteiger partial charge in [-0.1, -0.05) is 24.3 Å². The summed E-state index contributed by atoms with van der Waals surface area (Å²) in [4.78, 5) is 3.98. The molecular weight excluding hydrogens is 213 g/mol. The molecule has 0 saturated heterocycles. The highest BCUT2D eigenvalue weighted by Crippen LogP contribution is 2.30. The van der Waals surface area contributed by atoms with Crippen LogP contribution in [0.1, 0.15) is 24.0 Å². The second-order valence-electron chi connectivity index (χ2n) is 4.50. The Labute approximate surface area is 100 Å². The first-order valence-corrected chi connectivity index (χ1v) is 6.08. The summed E-state index contributed by atoms with van der Waals surface area (Å²) in [6.07, 6.45) is 4.70. The van der Waals surface area contributed by atoms with E-state index < -0.39 is 5.95 Å². The van der Waals surface area contributed by atoms with Crippen molar-refractivity contribution in [3.8, 4) is 11.3 Å². The van der Waals surface area contributed by atoms with Crippen molar-refractivity contribution >= 4 is 0 Å². The largest absolute Gasteiger partial charge is 0.220 e. The van der Waals surface area contributed by atoms with Crippen molar-refractivity contribution in [3.63, 3.8) is 0 Å². The van der Waals surface area contributed by atoms with Crippen molar-refractivity contribution in [2.45, 2.75) is 25.7 Å². The number of aromatic nitrogens is 1. The van der Waals surface area contributed by atoms with Crippen molar-refractivity contribution in [2.75, 3.05) is 0 Å². The third-order valence-electron chi connectivity index (χ3n) is 3.39. The first-order valence-electron chi connectivity index (χ1n) is 6.08. The zero-order valence-electron chi connectivity index (χ0n) is 9.62. The smallest absolute Gasteiger partial charge is 0.213 e. The molecule has 2 heteroatoms. The Morgan fingerprint density at radius 2 is 1.76 bits per heavy atom. The van der Waals surface area contributed by atoms with Gasteiger partial charge in [-0.2, -0.15) is 4.39 Å². The molecule has 86 valence electrons. The van der Waals surface area contributed by atoms with Gasteiger partial charge in [0.25, 0.3) is 0 Å². The molecule has 1 aliphatic rings. The molecule has 1 aliphatic carbocycles. The highest BCUT2D eigenvalue weighted by atomic mass is 19.1. The van der Waals surface area contributed by atoms with Crippen LogP contribution in [0.3, 0.4) is 0 Å². The second-order valence-corrected chi connectivity index (χ2v) is 4.50. The van der Waals surface area contributed by atoms with E-state index in [1.807, 2.05) is 18.2 Å². The standard InChI is InChI=1S/C15H14FN/c16-15-10-4-9-14(17-15)13-8-3-6-11-5-1-2-7-12(11)13/h3-4,6,8-10H,1-2,5,7H2. The Kier molecular flexibility index (Phi) is 2.63. The summed E-state index contributed by atoms with van der Waals surface area (Å²) in [6, 6.07) is 11.3. The lowest BCUT2D eigenvalue weighted by Crippen LogP contribution is -2.04. The van der Waals surface area contributed by atoms with Crippen LogP contribution in [0.5, 0.6) is 0 Å². The maximum absolute atomic E-state index is 13.2. The van der Waals surface area contributed by atoms with Gasteiger partial charge in [-0.25, -0.2) is 4.98 Å². The average Bonchev–Trinajstić information content (AvgIpc) is 2.38. The third kappa shape index (κ3) is 1.95. The van der Waals surface area contributed by atoms with E-state index in [0.717, 1.165) is 24.1 Å². The summed E-state index contributed by atoms with van der Waals surface area (Å²) in [5, 5.41) is 0. The van der Waals surface area contributed by atoms with Crippen molar-refractivity contribution < 1.29 is 4.39 Å². The Bertz CT molecular complexity index is 548. The number of aryl methyl sites for hydroxylation is 1. The zero-order valence-corrected chi connectivity index (χ0v) is 9.62. The normalized spacial score (nSPS) is 14.4. The highest BCUT2D eigenvalue weighted by molar-refractivity contribution is 5.65. The molecule has 0 atom stereocenters. The first-order chi connectivity index (χ1) is 8.34. The van der Waals surface area contributed by atoms with Crippen molar-refractivity contribution in [1.82, 2.24) is 4.98 Å². The topological polar surface area (TPSA) is 12.9 Å². The Morgan fingerprint density at radius 3 is 2.65 bits per heavy atom. The molecule has 2 aromatic rings. The number of halogens is 1. The molecule has 0 spiro atoms. The third-order valence-corrected chi connectivity index (χ3v) is 3.39. The number of fused-ring (bicyclic) bond motifs is 1. The minimum atomic E-state index is -0.407. The summed E-state index contributed by atoms with van der Waals surface area (Å²) in [5.41, 5.74) is 4.61. The summed E-state index contributed by atoms with van der Waals surface area (Å²) >= 11 is 0. The number of pyridine rings is 1. The van der Waals surface area contributed by atoms with Crippen LogP contribution in [0.2, 0.25) is 0 Å². The van der Waals surface area contributed by atoms with Gasteiger partial charge in [0, 0.05) is 5.56 Å². The van der Waals surface area contributed by atoms with E-state index >= 15 is 0 Å². The lowest BCUT2D eigenvalue weighted by molar-refractivity contribution is 0.585. The maximum Gasteiger partial charge on any atom is 0.213 e. The van der Waals surface area contributed by atoms with E-state index in [-0.39, 0.29) is 0 Å². The number of nitrogens with zero attached hydrogens (tertiary/aromatic N) is 1. The maximum atomic E-state index is 13.2. The fourth-order valence-electron chi connectivity index (χ4n) is 2.58. The van der Waals surface area contributed by atoms with Crippen LogP contribution >= 0.6 is 0 Å². The average molecular weight is 227 g/mol. The number of rotatable bonds is 1. The molecule has 0 unspecified atom stereocenters. The Balaban J connectivity index is 2.14. The van der Waals surface area contributed by atoms with Crippen LogP contribution in [0, 0.1) is 5.95 Å². The van der Waals surface area contributed by atoms with Gasteiger partial charge < -0.3 is 0 Å². The number of hydrogen-bond acceptors (Lipinski definition) is 1. The van der Waals surface area contributed by atoms with Crippen LogP contribution in [-0.4, -0.2) is 4.98 Å². The van der Waals surface area contributed by atoms with E-state index in [1.165, 1.54) is 30.0 Å². The van der Waals surface area contributed by atoms with E-state index in [2.05, 4.69) is 11.1 Å². The zero-order chi connectivity index (χ0) is 11.7. The molecule has 0 fully saturated rings. The van der Waals surface area contributed by atoms with Gasteiger partial charge in [0.1, 0.15) is 0 Å². The minimum absolute atomic E-state index is 0.407. The molecule has 1 aromatic carbocycles. The summed E-state index contributed by atoms with van der Waals surface area (Å²) in [6.45, 7) is 0. The quantitative estimate of drug-likeness (QED) is 0.676. The highest BCUT2D eigenvalue weighted by Gasteiger charge is 2.14. The second kappa shape index (κ2) is 4.28. The van der Waals surface area contributed by atoms with Gasteiger partial charge in [-0.3, -0.25) is 0 Å². The van der Waals surface area contributed by atoms with Gasteiger partial charge in [0.15, 0.2) is 0 Å². The molecule has 1 aromatic heterocycles. The van der Waals surface area contributed by atoms with Gasteiger partial charge >= 0.3 is 0 Å². The Hall–Kier alpha value is -1.70. The van der Waals surface area contributed by atoms with Gasteiger partial charge in [-0.15, -0.1) is 0 Å². The van der Waals surface area contributed by atoms with Gasteiger partial charge in [0.05, 0.1) is 5.69 Å². The van der Waals surface area contributed by atoms with Crippen molar-refractivity contribution in [1.29, 1.82) is 0 Å². The minimum Gasteiger partial charge on any atom is -0.220 e. The molecule has 0 bridgehead atoms. The predicted molar refractivity (Wildman–Crippen MR) is 66.3 cm³/mol. The molecule has 17 heavy (non-hydrogen) atoms. The lowest BCUT2D eigenvalue weighted by Gasteiger charge is -2.18. The molecular formula is C15H14FN. The molecule has 0 amide bonds. The summed E-state index contributed by atoms with van der Waals surface area (Å²) in [7, 11) is 0.